The first kappa shape index (κ1) is 16.7. The minimum atomic E-state index is -0.898. The molecule has 1 aromatic carbocycles. The van der Waals surface area contributed by atoms with Crippen molar-refractivity contribution in [3.05, 3.63) is 46.8 Å². The lowest BCUT2D eigenvalue weighted by atomic mass is 10.1. The Morgan fingerprint density at radius 3 is 2.60 bits per heavy atom. The fourth-order valence-corrected chi connectivity index (χ4v) is 2.61. The maximum absolute atomic E-state index is 11.0. The molecule has 0 aliphatic heterocycles. The Bertz CT molecular complexity index is 918. The van der Waals surface area contributed by atoms with Gasteiger partial charge in [0.05, 0.1) is 13.5 Å². The highest BCUT2D eigenvalue weighted by Crippen LogP contribution is 2.16. The topological polar surface area (TPSA) is 102 Å². The number of aromatic nitrogens is 4. The fraction of sp³-hybridized carbons (Fsp3) is 0.294. The molecular weight excluding hydrogens is 322 g/mol. The lowest BCUT2D eigenvalue weighted by Crippen LogP contribution is -2.10. The molecule has 25 heavy (non-hydrogen) atoms. The molecule has 0 unspecified atom stereocenters. The Morgan fingerprint density at radius 1 is 1.24 bits per heavy atom. The molecule has 0 spiro atoms. The maximum atomic E-state index is 11.0. The van der Waals surface area contributed by atoms with Crippen LogP contribution in [-0.4, -0.2) is 37.8 Å². The summed E-state index contributed by atoms with van der Waals surface area (Å²) in [7, 11) is 1.63. The molecule has 0 saturated heterocycles. The van der Waals surface area contributed by atoms with Gasteiger partial charge in [0.2, 0.25) is 5.95 Å². The third kappa shape index (κ3) is 3.52. The zero-order valence-electron chi connectivity index (χ0n) is 14.3. The Labute approximate surface area is 144 Å². The number of carboxylic acids is 1. The van der Waals surface area contributed by atoms with Crippen molar-refractivity contribution >= 4 is 17.7 Å². The number of ether oxygens (including phenoxy) is 1. The number of carboxylic acid groups (broad SMARTS) is 1. The van der Waals surface area contributed by atoms with Crippen molar-refractivity contribution in [1.82, 2.24) is 19.6 Å². The fourth-order valence-electron chi connectivity index (χ4n) is 2.61. The van der Waals surface area contributed by atoms with Crippen molar-refractivity contribution in [2.24, 2.45) is 0 Å². The van der Waals surface area contributed by atoms with Gasteiger partial charge in [-0.25, -0.2) is 4.98 Å². The lowest BCUT2D eigenvalue weighted by Gasteiger charge is -2.07. The molecule has 0 aliphatic carbocycles. The molecule has 3 rings (SSSR count). The number of carbonyl (C=O) groups is 1. The molecule has 2 aromatic heterocycles. The van der Waals surface area contributed by atoms with Crippen LogP contribution in [-0.2, 0) is 17.8 Å². The number of fused-ring (bicyclic) bond motifs is 1. The summed E-state index contributed by atoms with van der Waals surface area (Å²) in [5, 5.41) is 16.6. The second kappa shape index (κ2) is 6.76. The summed E-state index contributed by atoms with van der Waals surface area (Å²) in [6, 6.07) is 7.70. The van der Waals surface area contributed by atoms with Crippen LogP contribution in [0.25, 0.3) is 5.78 Å². The van der Waals surface area contributed by atoms with Crippen LogP contribution in [0.4, 0.5) is 5.95 Å². The molecule has 8 nitrogen and oxygen atoms in total. The Hall–Kier alpha value is -3.16. The first-order valence-electron chi connectivity index (χ1n) is 7.79. The van der Waals surface area contributed by atoms with Crippen LogP contribution in [0.5, 0.6) is 5.75 Å². The van der Waals surface area contributed by atoms with E-state index >= 15 is 0 Å². The molecule has 2 N–H and O–H groups in total. The van der Waals surface area contributed by atoms with E-state index in [-0.39, 0.29) is 6.42 Å². The largest absolute Gasteiger partial charge is 0.497 e. The molecule has 8 heteroatoms. The van der Waals surface area contributed by atoms with Gasteiger partial charge in [0.1, 0.15) is 5.75 Å². The quantitative estimate of drug-likeness (QED) is 0.707. The lowest BCUT2D eigenvalue weighted by molar-refractivity contribution is -0.136. The van der Waals surface area contributed by atoms with E-state index in [2.05, 4.69) is 20.4 Å². The van der Waals surface area contributed by atoms with Gasteiger partial charge in [0.25, 0.3) is 5.78 Å². The van der Waals surface area contributed by atoms with Gasteiger partial charge in [0, 0.05) is 23.5 Å². The van der Waals surface area contributed by atoms with Crippen molar-refractivity contribution in [3.8, 4) is 5.75 Å². The summed E-state index contributed by atoms with van der Waals surface area (Å²) < 4.78 is 6.71. The minimum absolute atomic E-state index is 0.0882. The maximum Gasteiger partial charge on any atom is 0.307 e. The predicted octanol–water partition coefficient (Wildman–Crippen LogP) is 1.99. The standard InChI is InChI=1S/C17H19N5O3/c1-10-14(8-15(23)24)11(2)22-17(19-10)20-16(21-22)18-9-12-4-6-13(25-3)7-5-12/h4-7H,8-9H2,1-3H3,(H,18,21)(H,23,24). The van der Waals surface area contributed by atoms with E-state index in [1.54, 1.807) is 18.5 Å². The Morgan fingerprint density at radius 2 is 1.96 bits per heavy atom. The summed E-state index contributed by atoms with van der Waals surface area (Å²) in [4.78, 5) is 19.7. The van der Waals surface area contributed by atoms with Gasteiger partial charge >= 0.3 is 5.97 Å². The van der Waals surface area contributed by atoms with E-state index in [1.165, 1.54) is 0 Å². The zero-order chi connectivity index (χ0) is 18.0. The van der Waals surface area contributed by atoms with Crippen molar-refractivity contribution in [2.45, 2.75) is 26.8 Å². The molecule has 3 aromatic rings. The van der Waals surface area contributed by atoms with Crippen molar-refractivity contribution < 1.29 is 14.6 Å². The minimum Gasteiger partial charge on any atom is -0.497 e. The number of anilines is 1. The monoisotopic (exact) mass is 341 g/mol. The van der Waals surface area contributed by atoms with Crippen LogP contribution in [0, 0.1) is 13.8 Å². The zero-order valence-corrected chi connectivity index (χ0v) is 14.3. The van der Waals surface area contributed by atoms with Gasteiger partial charge < -0.3 is 15.2 Å². The van der Waals surface area contributed by atoms with E-state index in [0.29, 0.717) is 29.5 Å². The molecule has 130 valence electrons. The summed E-state index contributed by atoms with van der Waals surface area (Å²) >= 11 is 0. The first-order chi connectivity index (χ1) is 12.0. The van der Waals surface area contributed by atoms with Gasteiger partial charge in [-0.05, 0) is 31.5 Å². The van der Waals surface area contributed by atoms with Gasteiger partial charge in [0.15, 0.2) is 0 Å². The van der Waals surface area contributed by atoms with Crippen LogP contribution < -0.4 is 10.1 Å². The smallest absolute Gasteiger partial charge is 0.307 e. The third-order valence-electron chi connectivity index (χ3n) is 3.99. The van der Waals surface area contributed by atoms with Gasteiger partial charge in [-0.15, -0.1) is 5.10 Å². The van der Waals surface area contributed by atoms with E-state index < -0.39 is 5.97 Å². The van der Waals surface area contributed by atoms with Crippen LogP contribution in [0.3, 0.4) is 0 Å². The number of hydrogen-bond acceptors (Lipinski definition) is 6. The highest BCUT2D eigenvalue weighted by Gasteiger charge is 2.15. The molecule has 0 aliphatic rings. The molecule has 0 saturated carbocycles. The van der Waals surface area contributed by atoms with Crippen molar-refractivity contribution in [2.75, 3.05) is 12.4 Å². The molecule has 0 fully saturated rings. The number of aliphatic carboxylic acids is 1. The summed E-state index contributed by atoms with van der Waals surface area (Å²) in [5.74, 6) is 0.792. The molecule has 0 radical (unpaired) electrons. The van der Waals surface area contributed by atoms with Crippen molar-refractivity contribution in [3.63, 3.8) is 0 Å². The van der Waals surface area contributed by atoms with Crippen LogP contribution in [0.15, 0.2) is 24.3 Å². The molecular formula is C17H19N5O3. The normalized spacial score (nSPS) is 10.8. The molecule has 0 atom stereocenters. The number of nitrogens with zero attached hydrogens (tertiary/aromatic N) is 4. The number of aryl methyl sites for hydroxylation is 2. The summed E-state index contributed by atoms with van der Waals surface area (Å²) in [5.41, 5.74) is 3.11. The van der Waals surface area contributed by atoms with E-state index in [1.807, 2.05) is 31.2 Å². The van der Waals surface area contributed by atoms with Crippen molar-refractivity contribution in [1.29, 1.82) is 0 Å². The highest BCUT2D eigenvalue weighted by molar-refractivity contribution is 5.71. The molecule has 0 amide bonds. The number of methoxy groups -OCH3 is 1. The van der Waals surface area contributed by atoms with Gasteiger partial charge in [-0.1, -0.05) is 12.1 Å². The van der Waals surface area contributed by atoms with Gasteiger partial charge in [-0.3, -0.25) is 4.79 Å². The number of hydrogen-bond donors (Lipinski definition) is 2. The van der Waals surface area contributed by atoms with Crippen LogP contribution in [0.2, 0.25) is 0 Å². The summed E-state index contributed by atoms with van der Waals surface area (Å²) in [6.07, 6.45) is -0.0882. The van der Waals surface area contributed by atoms with Gasteiger partial charge in [-0.2, -0.15) is 9.50 Å². The van der Waals surface area contributed by atoms with E-state index in [9.17, 15) is 4.79 Å². The predicted molar refractivity (Wildman–Crippen MR) is 91.9 cm³/mol. The average molecular weight is 341 g/mol. The Balaban J connectivity index is 1.82. The number of benzene rings is 1. The summed E-state index contributed by atoms with van der Waals surface area (Å²) in [6.45, 7) is 4.16. The Kier molecular flexibility index (Phi) is 4.51. The third-order valence-corrected chi connectivity index (χ3v) is 3.99. The SMILES string of the molecule is COc1ccc(CNc2nc3nc(C)c(CC(=O)O)c(C)n3n2)cc1. The van der Waals surface area contributed by atoms with E-state index in [0.717, 1.165) is 17.0 Å². The number of nitrogens with one attached hydrogen (secondary N) is 1. The highest BCUT2D eigenvalue weighted by atomic mass is 16.5. The first-order valence-corrected chi connectivity index (χ1v) is 7.79. The van der Waals surface area contributed by atoms with E-state index in [4.69, 9.17) is 9.84 Å². The second-order valence-electron chi connectivity index (χ2n) is 5.68. The molecule has 0 bridgehead atoms. The average Bonchev–Trinajstić information content (AvgIpc) is 3.00. The van der Waals surface area contributed by atoms with Crippen LogP contribution in [0.1, 0.15) is 22.5 Å². The number of rotatable bonds is 6. The second-order valence-corrected chi connectivity index (χ2v) is 5.68. The molecule has 2 heterocycles. The van der Waals surface area contributed by atoms with Crippen LogP contribution >= 0.6 is 0 Å².